The first-order chi connectivity index (χ1) is 10.9. The summed E-state index contributed by atoms with van der Waals surface area (Å²) in [6.07, 6.45) is -3.39. The summed E-state index contributed by atoms with van der Waals surface area (Å²) in [4.78, 5) is 14.8. The summed E-state index contributed by atoms with van der Waals surface area (Å²) in [7, 11) is -0.492. The summed E-state index contributed by atoms with van der Waals surface area (Å²) < 4.78 is 62.4. The van der Waals surface area contributed by atoms with Crippen molar-refractivity contribution in [3.05, 3.63) is 0 Å². The number of likely N-dealkylation sites (N-methyl/N-ethyl adjacent to an activating group) is 1. The molecular weight excluding hydrogens is 347 g/mol. The third-order valence-corrected chi connectivity index (χ3v) is 6.45. The van der Waals surface area contributed by atoms with Crippen LogP contribution in [0.25, 0.3) is 0 Å². The highest BCUT2D eigenvalue weighted by molar-refractivity contribution is 7.89. The zero-order valence-electron chi connectivity index (χ0n) is 14.5. The molecule has 1 aliphatic heterocycles. The minimum atomic E-state index is -4.35. The van der Waals surface area contributed by atoms with Gasteiger partial charge in [-0.25, -0.2) is 12.7 Å². The summed E-state index contributed by atoms with van der Waals surface area (Å²) in [5.41, 5.74) is 0. The quantitative estimate of drug-likeness (QED) is 0.701. The molecule has 1 fully saturated rings. The minimum Gasteiger partial charge on any atom is -0.341 e. The van der Waals surface area contributed by atoms with Crippen LogP contribution < -0.4 is 0 Å². The molecule has 0 radical (unpaired) electrons. The Morgan fingerprint density at radius 2 is 1.75 bits per heavy atom. The van der Waals surface area contributed by atoms with Gasteiger partial charge in [-0.15, -0.1) is 0 Å². The molecule has 1 aliphatic rings. The summed E-state index contributed by atoms with van der Waals surface area (Å²) in [6.45, 7) is 2.57. The molecule has 1 heterocycles. The Morgan fingerprint density at radius 1 is 1.25 bits per heavy atom. The van der Waals surface area contributed by atoms with E-state index in [4.69, 9.17) is 0 Å². The number of hydrogen-bond acceptors (Lipinski definition) is 4. The predicted molar refractivity (Wildman–Crippen MR) is 85.0 cm³/mol. The lowest BCUT2D eigenvalue weighted by Gasteiger charge is -2.38. The Kier molecular flexibility index (Phi) is 7.06. The second-order valence-electron chi connectivity index (χ2n) is 6.18. The number of carbonyl (C=O) groups is 1. The Balaban J connectivity index is 2.60. The largest absolute Gasteiger partial charge is 0.401 e. The van der Waals surface area contributed by atoms with Crippen molar-refractivity contribution in [1.82, 2.24) is 14.1 Å². The summed E-state index contributed by atoms with van der Waals surface area (Å²) >= 11 is 0. The Bertz CT molecular complexity index is 531. The lowest BCUT2D eigenvalue weighted by molar-refractivity contribution is -0.155. The smallest absolute Gasteiger partial charge is 0.341 e. The van der Waals surface area contributed by atoms with Crippen molar-refractivity contribution >= 4 is 15.9 Å². The van der Waals surface area contributed by atoms with Gasteiger partial charge in [0.15, 0.2) is 0 Å². The highest BCUT2D eigenvalue weighted by Crippen LogP contribution is 2.21. The third-order valence-electron chi connectivity index (χ3n) is 4.54. The molecule has 0 N–H and O–H groups in total. The Labute approximate surface area is 141 Å². The van der Waals surface area contributed by atoms with Crippen molar-refractivity contribution < 1.29 is 26.4 Å². The summed E-state index contributed by atoms with van der Waals surface area (Å²) in [5, 5.41) is 0. The summed E-state index contributed by atoms with van der Waals surface area (Å²) in [6, 6.07) is -1.05. The van der Waals surface area contributed by atoms with Crippen LogP contribution in [-0.2, 0) is 14.8 Å². The normalized spacial score (nSPS) is 19.1. The van der Waals surface area contributed by atoms with Gasteiger partial charge in [0.2, 0.25) is 15.9 Å². The Morgan fingerprint density at radius 3 is 2.17 bits per heavy atom. The molecule has 0 bridgehead atoms. The van der Waals surface area contributed by atoms with Gasteiger partial charge in [-0.1, -0.05) is 0 Å². The molecule has 1 saturated heterocycles. The van der Waals surface area contributed by atoms with E-state index in [-0.39, 0.29) is 17.7 Å². The van der Waals surface area contributed by atoms with E-state index in [2.05, 4.69) is 0 Å². The number of amides is 1. The van der Waals surface area contributed by atoms with E-state index in [0.29, 0.717) is 25.9 Å². The van der Waals surface area contributed by atoms with Crippen LogP contribution in [0.5, 0.6) is 0 Å². The van der Waals surface area contributed by atoms with Gasteiger partial charge in [0.05, 0.1) is 18.3 Å². The third kappa shape index (κ3) is 5.59. The highest BCUT2D eigenvalue weighted by atomic mass is 32.2. The molecule has 1 rings (SSSR count). The number of carbonyl (C=O) groups excluding carboxylic acids is 1. The molecule has 24 heavy (non-hydrogen) atoms. The molecule has 0 aromatic carbocycles. The van der Waals surface area contributed by atoms with Gasteiger partial charge < -0.3 is 4.90 Å². The minimum absolute atomic E-state index is 0.0158. The molecule has 1 amide bonds. The van der Waals surface area contributed by atoms with Gasteiger partial charge >= 0.3 is 6.18 Å². The van der Waals surface area contributed by atoms with Gasteiger partial charge in [0.25, 0.3) is 0 Å². The second-order valence-corrected chi connectivity index (χ2v) is 8.50. The number of rotatable bonds is 6. The van der Waals surface area contributed by atoms with Crippen molar-refractivity contribution in [2.45, 2.75) is 44.9 Å². The number of piperidine rings is 1. The molecule has 10 heteroatoms. The van der Waals surface area contributed by atoms with Crippen LogP contribution in [0.3, 0.4) is 0 Å². The van der Waals surface area contributed by atoms with Crippen molar-refractivity contribution in [3.63, 3.8) is 0 Å². The van der Waals surface area contributed by atoms with Crippen molar-refractivity contribution in [2.75, 3.05) is 39.5 Å². The second kappa shape index (κ2) is 8.01. The predicted octanol–water partition coefficient (Wildman–Crippen LogP) is 1.14. The van der Waals surface area contributed by atoms with Crippen LogP contribution in [0.1, 0.15) is 26.7 Å². The average Bonchev–Trinajstić information content (AvgIpc) is 2.51. The highest BCUT2D eigenvalue weighted by Gasteiger charge is 2.36. The first-order valence-corrected chi connectivity index (χ1v) is 9.51. The number of hydrogen-bond donors (Lipinski definition) is 0. The number of alkyl halides is 3. The van der Waals surface area contributed by atoms with Gasteiger partial charge in [-0.3, -0.25) is 9.69 Å². The molecule has 1 atom stereocenters. The lowest BCUT2D eigenvalue weighted by Crippen LogP contribution is -2.52. The number of sulfonamides is 1. The van der Waals surface area contributed by atoms with Crippen molar-refractivity contribution in [2.24, 2.45) is 0 Å². The fourth-order valence-electron chi connectivity index (χ4n) is 2.75. The molecule has 142 valence electrons. The van der Waals surface area contributed by atoms with E-state index in [9.17, 15) is 26.4 Å². The van der Waals surface area contributed by atoms with Gasteiger partial charge in [-0.05, 0) is 33.7 Å². The van der Waals surface area contributed by atoms with Crippen molar-refractivity contribution in [3.8, 4) is 0 Å². The molecule has 0 saturated carbocycles. The first kappa shape index (κ1) is 21.2. The van der Waals surface area contributed by atoms with E-state index in [1.54, 1.807) is 6.92 Å². The molecule has 6 nitrogen and oxygen atoms in total. The monoisotopic (exact) mass is 373 g/mol. The zero-order chi connectivity index (χ0) is 18.7. The standard InChI is InChI=1S/C14H26F3N3O3S/c1-5-24(22,23)19(4)12-6-8-20(9-7-12)13(21)11(2)18(3)10-14(15,16)17/h11-12H,5-10H2,1-4H3/t11-/m0/s1. The van der Waals surface area contributed by atoms with Crippen molar-refractivity contribution in [1.29, 1.82) is 0 Å². The number of likely N-dealkylation sites (tertiary alicyclic amines) is 1. The van der Waals surface area contributed by atoms with E-state index in [1.165, 1.54) is 30.2 Å². The maximum Gasteiger partial charge on any atom is 0.401 e. The Hall–Kier alpha value is -0.870. The SMILES string of the molecule is CCS(=O)(=O)N(C)C1CCN(C(=O)[C@H](C)N(C)CC(F)(F)F)CC1. The van der Waals surface area contributed by atoms with Crippen LogP contribution in [0.4, 0.5) is 13.2 Å². The van der Waals surface area contributed by atoms with E-state index >= 15 is 0 Å². The zero-order valence-corrected chi connectivity index (χ0v) is 15.3. The van der Waals surface area contributed by atoms with Crippen LogP contribution in [0.2, 0.25) is 0 Å². The number of halogens is 3. The maximum atomic E-state index is 12.4. The maximum absolute atomic E-state index is 12.4. The van der Waals surface area contributed by atoms with E-state index in [0.717, 1.165) is 4.90 Å². The molecule has 0 spiro atoms. The molecule has 0 aromatic rings. The molecule has 0 aliphatic carbocycles. The van der Waals surface area contributed by atoms with Crippen LogP contribution >= 0.6 is 0 Å². The molecule has 0 unspecified atom stereocenters. The lowest BCUT2D eigenvalue weighted by atomic mass is 10.0. The van der Waals surface area contributed by atoms with Crippen LogP contribution in [0.15, 0.2) is 0 Å². The average molecular weight is 373 g/mol. The fourth-order valence-corrected chi connectivity index (χ4v) is 3.83. The van der Waals surface area contributed by atoms with Gasteiger partial charge in [-0.2, -0.15) is 13.2 Å². The van der Waals surface area contributed by atoms with E-state index < -0.39 is 28.8 Å². The molecular formula is C14H26F3N3O3S. The molecule has 0 aromatic heterocycles. The van der Waals surface area contributed by atoms with Gasteiger partial charge in [0.1, 0.15) is 0 Å². The first-order valence-electron chi connectivity index (χ1n) is 7.90. The van der Waals surface area contributed by atoms with E-state index in [1.807, 2.05) is 0 Å². The fraction of sp³-hybridized carbons (Fsp3) is 0.929. The van der Waals surface area contributed by atoms with Crippen LogP contribution in [0, 0.1) is 0 Å². The van der Waals surface area contributed by atoms with Crippen LogP contribution in [-0.4, -0.2) is 86.2 Å². The van der Waals surface area contributed by atoms with Gasteiger partial charge in [0, 0.05) is 26.2 Å². The summed E-state index contributed by atoms with van der Waals surface area (Å²) in [5.74, 6) is -0.344. The topological polar surface area (TPSA) is 60.9 Å². The number of nitrogens with zero attached hydrogens (tertiary/aromatic N) is 3.